The molecular formula is C19H9ClF2N2O4S. The molecule has 0 aliphatic carbocycles. The molecular weight excluding hydrogens is 426 g/mol. The van der Waals surface area contributed by atoms with Crippen molar-refractivity contribution >= 4 is 51.6 Å². The number of benzene rings is 2. The maximum atomic E-state index is 14.3. The molecule has 2 heterocycles. The van der Waals surface area contributed by atoms with E-state index in [4.69, 9.17) is 16.0 Å². The Kier molecular flexibility index (Phi) is 4.77. The van der Waals surface area contributed by atoms with Gasteiger partial charge in [0, 0.05) is 10.9 Å². The second-order valence-corrected chi connectivity index (χ2v) is 7.11. The number of carbonyl (C=O) groups excluding carboxylic acids is 1. The number of aromatic carboxylic acids is 1. The number of para-hydroxylation sites is 2. The van der Waals surface area contributed by atoms with E-state index >= 15 is 0 Å². The first-order chi connectivity index (χ1) is 13.9. The highest BCUT2D eigenvalue weighted by Gasteiger charge is 2.26. The van der Waals surface area contributed by atoms with E-state index in [1.807, 2.05) is 0 Å². The van der Waals surface area contributed by atoms with Crippen LogP contribution in [0.5, 0.6) is 0 Å². The SMILES string of the molecule is O=C(Nc1csc(-c2ccc(Cl)c(F)c2F)c1C(=O)O)c1nc2ccccc2o1. The molecule has 0 radical (unpaired) electrons. The van der Waals surface area contributed by atoms with Crippen LogP contribution < -0.4 is 5.32 Å². The predicted octanol–water partition coefficient (Wildman–Crippen LogP) is 5.44. The number of thiophene rings is 1. The van der Waals surface area contributed by atoms with Crippen LogP contribution in [-0.4, -0.2) is 22.0 Å². The van der Waals surface area contributed by atoms with Crippen LogP contribution in [-0.2, 0) is 0 Å². The first-order valence-electron chi connectivity index (χ1n) is 8.02. The number of carbonyl (C=O) groups is 2. The van der Waals surface area contributed by atoms with Crippen molar-refractivity contribution < 1.29 is 27.9 Å². The van der Waals surface area contributed by atoms with Gasteiger partial charge in [0.2, 0.25) is 0 Å². The minimum Gasteiger partial charge on any atom is -0.478 e. The fourth-order valence-electron chi connectivity index (χ4n) is 2.71. The van der Waals surface area contributed by atoms with Crippen LogP contribution >= 0.6 is 22.9 Å². The number of oxazole rings is 1. The summed E-state index contributed by atoms with van der Waals surface area (Å²) in [5, 5.41) is 12.9. The van der Waals surface area contributed by atoms with E-state index in [2.05, 4.69) is 10.3 Å². The molecule has 2 N–H and O–H groups in total. The topological polar surface area (TPSA) is 92.4 Å². The fraction of sp³-hybridized carbons (Fsp3) is 0. The third-order valence-corrected chi connectivity index (χ3v) is 5.33. The summed E-state index contributed by atoms with van der Waals surface area (Å²) in [5.41, 5.74) is 0.0814. The van der Waals surface area contributed by atoms with Crippen LogP contribution in [0.1, 0.15) is 21.0 Å². The number of rotatable bonds is 4. The number of hydrogen-bond donors (Lipinski definition) is 2. The molecule has 4 aromatic rings. The van der Waals surface area contributed by atoms with Crippen molar-refractivity contribution in [1.29, 1.82) is 0 Å². The number of carboxylic acids is 1. The third kappa shape index (κ3) is 3.34. The van der Waals surface area contributed by atoms with E-state index in [1.165, 1.54) is 11.4 Å². The van der Waals surface area contributed by atoms with Gasteiger partial charge in [-0.3, -0.25) is 4.79 Å². The van der Waals surface area contributed by atoms with Gasteiger partial charge in [0.15, 0.2) is 17.2 Å². The first-order valence-corrected chi connectivity index (χ1v) is 9.28. The summed E-state index contributed by atoms with van der Waals surface area (Å²) in [5.74, 6) is -5.04. The third-order valence-electron chi connectivity index (χ3n) is 4.02. The van der Waals surface area contributed by atoms with Crippen LogP contribution in [0.15, 0.2) is 46.2 Å². The zero-order valence-electron chi connectivity index (χ0n) is 14.2. The van der Waals surface area contributed by atoms with Gasteiger partial charge in [-0.15, -0.1) is 11.3 Å². The summed E-state index contributed by atoms with van der Waals surface area (Å²) in [6, 6.07) is 9.01. The summed E-state index contributed by atoms with van der Waals surface area (Å²) in [7, 11) is 0. The Morgan fingerprint density at radius 3 is 2.62 bits per heavy atom. The van der Waals surface area contributed by atoms with Gasteiger partial charge in [0.05, 0.1) is 15.6 Å². The van der Waals surface area contributed by atoms with Crippen LogP contribution in [0.25, 0.3) is 21.5 Å². The smallest absolute Gasteiger partial charge is 0.339 e. The van der Waals surface area contributed by atoms with Gasteiger partial charge in [-0.05, 0) is 24.3 Å². The molecule has 0 spiro atoms. The van der Waals surface area contributed by atoms with Crippen molar-refractivity contribution in [3.63, 3.8) is 0 Å². The molecule has 6 nitrogen and oxygen atoms in total. The van der Waals surface area contributed by atoms with Crippen LogP contribution in [0.2, 0.25) is 5.02 Å². The monoisotopic (exact) mass is 434 g/mol. The van der Waals surface area contributed by atoms with E-state index in [-0.39, 0.29) is 27.6 Å². The van der Waals surface area contributed by atoms with Crippen molar-refractivity contribution in [2.24, 2.45) is 0 Å². The Bertz CT molecular complexity index is 1250. The highest BCUT2D eigenvalue weighted by atomic mass is 35.5. The lowest BCUT2D eigenvalue weighted by molar-refractivity contribution is 0.0699. The van der Waals surface area contributed by atoms with Gasteiger partial charge in [-0.1, -0.05) is 23.7 Å². The van der Waals surface area contributed by atoms with Crippen molar-refractivity contribution in [3.8, 4) is 10.4 Å². The largest absolute Gasteiger partial charge is 0.478 e. The maximum Gasteiger partial charge on any atom is 0.339 e. The molecule has 146 valence electrons. The molecule has 0 bridgehead atoms. The van der Waals surface area contributed by atoms with Crippen LogP contribution in [0, 0.1) is 11.6 Å². The summed E-state index contributed by atoms with van der Waals surface area (Å²) >= 11 is 6.38. The van der Waals surface area contributed by atoms with Crippen molar-refractivity contribution in [1.82, 2.24) is 4.98 Å². The van der Waals surface area contributed by atoms with Crippen LogP contribution in [0.3, 0.4) is 0 Å². The predicted molar refractivity (Wildman–Crippen MR) is 104 cm³/mol. The number of amides is 1. The molecule has 0 aliphatic rings. The Morgan fingerprint density at radius 2 is 1.90 bits per heavy atom. The Morgan fingerprint density at radius 1 is 1.14 bits per heavy atom. The number of carboxylic acid groups (broad SMARTS) is 1. The molecule has 10 heteroatoms. The van der Waals surface area contributed by atoms with Gasteiger partial charge < -0.3 is 14.8 Å². The van der Waals surface area contributed by atoms with E-state index in [1.54, 1.807) is 24.3 Å². The number of anilines is 1. The normalized spacial score (nSPS) is 11.0. The zero-order valence-corrected chi connectivity index (χ0v) is 15.8. The molecule has 0 saturated carbocycles. The van der Waals surface area contributed by atoms with Crippen LogP contribution in [0.4, 0.5) is 14.5 Å². The lowest BCUT2D eigenvalue weighted by Crippen LogP contribution is -2.14. The molecule has 0 atom stereocenters. The molecule has 0 aliphatic heterocycles. The van der Waals surface area contributed by atoms with E-state index in [0.29, 0.717) is 11.1 Å². The first kappa shape index (κ1) is 19.0. The second kappa shape index (κ2) is 7.26. The van der Waals surface area contributed by atoms with Gasteiger partial charge in [-0.2, -0.15) is 0 Å². The van der Waals surface area contributed by atoms with Gasteiger partial charge in [0.1, 0.15) is 11.1 Å². The molecule has 0 unspecified atom stereocenters. The minimum atomic E-state index is -1.43. The fourth-order valence-corrected chi connectivity index (χ4v) is 3.86. The Balaban J connectivity index is 1.73. The Hall–Kier alpha value is -3.30. The quantitative estimate of drug-likeness (QED) is 0.417. The maximum absolute atomic E-state index is 14.3. The number of fused-ring (bicyclic) bond motifs is 1. The lowest BCUT2D eigenvalue weighted by Gasteiger charge is -2.06. The molecule has 2 aromatic heterocycles. The number of nitrogens with zero attached hydrogens (tertiary/aromatic N) is 1. The van der Waals surface area contributed by atoms with Crippen molar-refractivity contribution in [2.75, 3.05) is 5.32 Å². The molecule has 1 amide bonds. The van der Waals surface area contributed by atoms with E-state index in [9.17, 15) is 23.5 Å². The van der Waals surface area contributed by atoms with Crippen molar-refractivity contribution in [3.05, 3.63) is 69.9 Å². The lowest BCUT2D eigenvalue weighted by atomic mass is 10.1. The summed E-state index contributed by atoms with van der Waals surface area (Å²) in [6.07, 6.45) is 0. The standard InChI is InChI=1S/C19H9ClF2N2O4S/c20-9-6-5-8(14(21)15(9)22)16-13(19(26)27)11(7-29-16)23-17(25)18-24-10-3-1-2-4-12(10)28-18/h1-7H,(H,23,25)(H,26,27). The molecule has 29 heavy (non-hydrogen) atoms. The van der Waals surface area contributed by atoms with E-state index < -0.39 is 28.5 Å². The summed E-state index contributed by atoms with van der Waals surface area (Å²) in [6.45, 7) is 0. The number of halogens is 3. The highest BCUT2D eigenvalue weighted by Crippen LogP contribution is 2.39. The average molecular weight is 435 g/mol. The number of hydrogen-bond acceptors (Lipinski definition) is 5. The van der Waals surface area contributed by atoms with Gasteiger partial charge in [0.25, 0.3) is 5.89 Å². The molecule has 0 saturated heterocycles. The highest BCUT2D eigenvalue weighted by molar-refractivity contribution is 7.14. The number of aromatic nitrogens is 1. The van der Waals surface area contributed by atoms with E-state index in [0.717, 1.165) is 17.4 Å². The summed E-state index contributed by atoms with van der Waals surface area (Å²) in [4.78, 5) is 28.2. The van der Waals surface area contributed by atoms with Crippen molar-refractivity contribution in [2.45, 2.75) is 0 Å². The Labute approximate surface area is 170 Å². The molecule has 2 aromatic carbocycles. The molecule has 0 fully saturated rings. The number of nitrogens with one attached hydrogen (secondary N) is 1. The summed E-state index contributed by atoms with van der Waals surface area (Å²) < 4.78 is 33.4. The minimum absolute atomic E-state index is 0.0709. The zero-order chi connectivity index (χ0) is 20.7. The molecule has 4 rings (SSSR count). The average Bonchev–Trinajstić information content (AvgIpc) is 3.30. The van der Waals surface area contributed by atoms with Gasteiger partial charge in [-0.25, -0.2) is 18.6 Å². The second-order valence-electron chi connectivity index (χ2n) is 5.82. The van der Waals surface area contributed by atoms with Gasteiger partial charge >= 0.3 is 11.9 Å².